The van der Waals surface area contributed by atoms with Crippen molar-refractivity contribution >= 4 is 34.8 Å². The van der Waals surface area contributed by atoms with Gasteiger partial charge < -0.3 is 9.88 Å². The summed E-state index contributed by atoms with van der Waals surface area (Å²) < 4.78 is 2.20. The summed E-state index contributed by atoms with van der Waals surface area (Å²) in [6.07, 6.45) is 0. The lowest BCUT2D eigenvalue weighted by Gasteiger charge is -2.11. The Bertz CT molecular complexity index is 762. The van der Waals surface area contributed by atoms with Crippen molar-refractivity contribution < 1.29 is 9.59 Å². The molecule has 0 radical (unpaired) electrons. The zero-order chi connectivity index (χ0) is 18.6. The Labute approximate surface area is 157 Å². The molecule has 7 heteroatoms. The number of nitrogens with one attached hydrogen (secondary N) is 1. The standard InChI is InChI=1S/C18H25N3O2S2/c1-11(2)9-21-13(4)12(3)20-18(21)24-10-16(23)17-7-6-15(25-17)8-19-14(5)22/h6-7,11H,8-10H2,1-5H3,(H,19,22). The summed E-state index contributed by atoms with van der Waals surface area (Å²) in [7, 11) is 0. The summed E-state index contributed by atoms with van der Waals surface area (Å²) in [4.78, 5) is 29.7. The number of Topliss-reactive ketones (excluding diaryl/α,β-unsaturated/α-hetero) is 1. The molecule has 2 aromatic heterocycles. The third-order valence-corrected chi connectivity index (χ3v) is 5.85. The SMILES string of the molecule is CC(=O)NCc1ccc(C(=O)CSc2nc(C)c(C)n2CC(C)C)s1. The zero-order valence-electron chi connectivity index (χ0n) is 15.4. The van der Waals surface area contributed by atoms with Gasteiger partial charge in [0.1, 0.15) is 0 Å². The normalized spacial score (nSPS) is 11.1. The van der Waals surface area contributed by atoms with E-state index < -0.39 is 0 Å². The zero-order valence-corrected chi connectivity index (χ0v) is 17.0. The number of nitrogens with zero attached hydrogens (tertiary/aromatic N) is 2. The van der Waals surface area contributed by atoms with Gasteiger partial charge in [-0.1, -0.05) is 25.6 Å². The Morgan fingerprint density at radius 1 is 1.32 bits per heavy atom. The lowest BCUT2D eigenvalue weighted by Crippen LogP contribution is -2.18. The topological polar surface area (TPSA) is 64.0 Å². The van der Waals surface area contributed by atoms with Crippen molar-refractivity contribution in [2.75, 3.05) is 5.75 Å². The summed E-state index contributed by atoms with van der Waals surface area (Å²) >= 11 is 2.93. The number of aryl methyl sites for hydroxylation is 1. The molecule has 2 rings (SSSR count). The molecule has 0 atom stereocenters. The van der Waals surface area contributed by atoms with Crippen LogP contribution < -0.4 is 5.32 Å². The molecule has 25 heavy (non-hydrogen) atoms. The molecule has 0 aliphatic carbocycles. The maximum atomic E-state index is 12.5. The predicted octanol–water partition coefficient (Wildman–Crippen LogP) is 3.83. The van der Waals surface area contributed by atoms with Crippen LogP contribution in [0.4, 0.5) is 0 Å². The molecular formula is C18H25N3O2S2. The quantitative estimate of drug-likeness (QED) is 0.559. The molecular weight excluding hydrogens is 354 g/mol. The first-order valence-corrected chi connectivity index (χ1v) is 10.1. The lowest BCUT2D eigenvalue weighted by molar-refractivity contribution is -0.119. The molecule has 5 nitrogen and oxygen atoms in total. The molecule has 0 aromatic carbocycles. The highest BCUT2D eigenvalue weighted by molar-refractivity contribution is 7.99. The van der Waals surface area contributed by atoms with Gasteiger partial charge in [0.15, 0.2) is 10.9 Å². The van der Waals surface area contributed by atoms with Crippen molar-refractivity contribution in [1.82, 2.24) is 14.9 Å². The van der Waals surface area contributed by atoms with Gasteiger partial charge in [-0.3, -0.25) is 9.59 Å². The van der Waals surface area contributed by atoms with Gasteiger partial charge in [-0.15, -0.1) is 11.3 Å². The van der Waals surface area contributed by atoms with Crippen LogP contribution in [-0.2, 0) is 17.9 Å². The number of imidazole rings is 1. The average molecular weight is 380 g/mol. The van der Waals surface area contributed by atoms with Gasteiger partial charge >= 0.3 is 0 Å². The van der Waals surface area contributed by atoms with Gasteiger partial charge in [0, 0.05) is 24.0 Å². The fourth-order valence-electron chi connectivity index (χ4n) is 2.35. The summed E-state index contributed by atoms with van der Waals surface area (Å²) in [5.41, 5.74) is 2.18. The van der Waals surface area contributed by atoms with Crippen LogP contribution in [0.5, 0.6) is 0 Å². The molecule has 0 unspecified atom stereocenters. The van der Waals surface area contributed by atoms with Gasteiger partial charge in [0.05, 0.1) is 22.9 Å². The van der Waals surface area contributed by atoms with Crippen LogP contribution in [0.3, 0.4) is 0 Å². The number of thiophene rings is 1. The van der Waals surface area contributed by atoms with Gasteiger partial charge in [-0.2, -0.15) is 0 Å². The maximum absolute atomic E-state index is 12.5. The second-order valence-electron chi connectivity index (χ2n) is 6.46. The van der Waals surface area contributed by atoms with Crippen molar-refractivity contribution in [3.8, 4) is 0 Å². The average Bonchev–Trinajstić information content (AvgIpc) is 3.11. The van der Waals surface area contributed by atoms with E-state index in [-0.39, 0.29) is 11.7 Å². The fourth-order valence-corrected chi connectivity index (χ4v) is 4.31. The summed E-state index contributed by atoms with van der Waals surface area (Å²) in [5, 5.41) is 3.66. The molecule has 0 aliphatic heterocycles. The summed E-state index contributed by atoms with van der Waals surface area (Å²) in [5.74, 6) is 0.919. The molecule has 1 N–H and O–H groups in total. The first-order chi connectivity index (χ1) is 11.8. The maximum Gasteiger partial charge on any atom is 0.217 e. The van der Waals surface area contributed by atoms with E-state index in [0.717, 1.165) is 32.8 Å². The van der Waals surface area contributed by atoms with E-state index in [4.69, 9.17) is 0 Å². The van der Waals surface area contributed by atoms with E-state index in [1.165, 1.54) is 30.0 Å². The highest BCUT2D eigenvalue weighted by atomic mass is 32.2. The second kappa shape index (κ2) is 8.67. The van der Waals surface area contributed by atoms with Crippen LogP contribution in [-0.4, -0.2) is 27.0 Å². The highest BCUT2D eigenvalue weighted by Crippen LogP contribution is 2.25. The number of aromatic nitrogens is 2. The molecule has 0 fully saturated rings. The van der Waals surface area contributed by atoms with Gasteiger partial charge in [-0.05, 0) is 31.9 Å². The first-order valence-electron chi connectivity index (χ1n) is 8.30. The van der Waals surface area contributed by atoms with Crippen LogP contribution in [0.15, 0.2) is 17.3 Å². The van der Waals surface area contributed by atoms with Crippen LogP contribution in [0.1, 0.15) is 46.7 Å². The Hall–Kier alpha value is -1.60. The van der Waals surface area contributed by atoms with Gasteiger partial charge in [0.2, 0.25) is 5.91 Å². The number of amides is 1. The van der Waals surface area contributed by atoms with Crippen molar-refractivity contribution in [3.63, 3.8) is 0 Å². The van der Waals surface area contributed by atoms with E-state index in [1.807, 2.05) is 19.1 Å². The van der Waals surface area contributed by atoms with Crippen LogP contribution in [0, 0.1) is 19.8 Å². The Kier molecular flexibility index (Phi) is 6.84. The van der Waals surface area contributed by atoms with E-state index in [9.17, 15) is 9.59 Å². The van der Waals surface area contributed by atoms with Crippen molar-refractivity contribution in [3.05, 3.63) is 33.3 Å². The minimum Gasteiger partial charge on any atom is -0.351 e. The van der Waals surface area contributed by atoms with Crippen LogP contribution in [0.2, 0.25) is 0 Å². The minimum absolute atomic E-state index is 0.0699. The number of hydrogen-bond donors (Lipinski definition) is 1. The Morgan fingerprint density at radius 3 is 2.68 bits per heavy atom. The summed E-state index contributed by atoms with van der Waals surface area (Å²) in [6, 6.07) is 3.73. The van der Waals surface area contributed by atoms with Crippen LogP contribution in [0.25, 0.3) is 0 Å². The predicted molar refractivity (Wildman–Crippen MR) is 103 cm³/mol. The third kappa shape index (κ3) is 5.44. The molecule has 0 bridgehead atoms. The van der Waals surface area contributed by atoms with Crippen molar-refractivity contribution in [2.45, 2.75) is 52.9 Å². The van der Waals surface area contributed by atoms with E-state index in [1.54, 1.807) is 0 Å². The number of rotatable bonds is 8. The van der Waals surface area contributed by atoms with E-state index in [0.29, 0.717) is 18.2 Å². The Balaban J connectivity index is 2.00. The lowest BCUT2D eigenvalue weighted by atomic mass is 10.2. The Morgan fingerprint density at radius 2 is 2.04 bits per heavy atom. The number of carbonyl (C=O) groups excluding carboxylic acids is 2. The second-order valence-corrected chi connectivity index (χ2v) is 8.57. The van der Waals surface area contributed by atoms with E-state index in [2.05, 4.69) is 35.6 Å². The first kappa shape index (κ1) is 19.7. The number of carbonyl (C=O) groups is 2. The fraction of sp³-hybridized carbons (Fsp3) is 0.500. The largest absolute Gasteiger partial charge is 0.351 e. The van der Waals surface area contributed by atoms with E-state index >= 15 is 0 Å². The monoisotopic (exact) mass is 379 g/mol. The molecule has 2 aromatic rings. The molecule has 136 valence electrons. The smallest absolute Gasteiger partial charge is 0.217 e. The number of ketones is 1. The summed E-state index contributed by atoms with van der Waals surface area (Å²) in [6.45, 7) is 11.3. The van der Waals surface area contributed by atoms with Crippen LogP contribution >= 0.6 is 23.1 Å². The highest BCUT2D eigenvalue weighted by Gasteiger charge is 2.16. The number of hydrogen-bond acceptors (Lipinski definition) is 5. The van der Waals surface area contributed by atoms with Crippen molar-refractivity contribution in [1.29, 1.82) is 0 Å². The molecule has 2 heterocycles. The van der Waals surface area contributed by atoms with Gasteiger partial charge in [0.25, 0.3) is 0 Å². The molecule has 0 spiro atoms. The van der Waals surface area contributed by atoms with Gasteiger partial charge in [-0.25, -0.2) is 4.98 Å². The molecule has 0 saturated carbocycles. The van der Waals surface area contributed by atoms with Crippen molar-refractivity contribution in [2.24, 2.45) is 5.92 Å². The molecule has 0 saturated heterocycles. The third-order valence-electron chi connectivity index (χ3n) is 3.75. The molecule has 0 aliphatic rings. The molecule has 1 amide bonds. The minimum atomic E-state index is -0.0699. The number of thioether (sulfide) groups is 1.